The van der Waals surface area contributed by atoms with Crippen LogP contribution in [0, 0.1) is 0 Å². The molecule has 1 saturated heterocycles. The zero-order valence-electron chi connectivity index (χ0n) is 7.21. The van der Waals surface area contributed by atoms with Crippen LogP contribution < -0.4 is 10.2 Å². The number of anilines is 1. The highest BCUT2D eigenvalue weighted by atomic mass is 16.1. The van der Waals surface area contributed by atoms with E-state index in [9.17, 15) is 4.79 Å². The van der Waals surface area contributed by atoms with Crippen molar-refractivity contribution in [3.05, 3.63) is 29.3 Å². The maximum absolute atomic E-state index is 11.3. The summed E-state index contributed by atoms with van der Waals surface area (Å²) in [7, 11) is 0. The minimum absolute atomic E-state index is 0.0682. The molecule has 2 aliphatic rings. The summed E-state index contributed by atoms with van der Waals surface area (Å²) >= 11 is 0. The van der Waals surface area contributed by atoms with Crippen LogP contribution in [0.5, 0.6) is 0 Å². The molecule has 0 saturated carbocycles. The molecule has 1 amide bonds. The van der Waals surface area contributed by atoms with Gasteiger partial charge < -0.3 is 10.2 Å². The first-order chi connectivity index (χ1) is 6.36. The Kier molecular flexibility index (Phi) is 1.20. The molecule has 0 aromatic heterocycles. The Bertz CT molecular complexity index is 383. The number of carbonyl (C=O) groups excluding carboxylic acids is 1. The van der Waals surface area contributed by atoms with E-state index in [0.29, 0.717) is 6.54 Å². The first-order valence-electron chi connectivity index (χ1n) is 4.51. The molecule has 3 rings (SSSR count). The van der Waals surface area contributed by atoms with E-state index in [1.54, 1.807) is 0 Å². The molecule has 1 aromatic rings. The topological polar surface area (TPSA) is 32.1 Å². The van der Waals surface area contributed by atoms with Crippen LogP contribution in [0.15, 0.2) is 18.2 Å². The minimum Gasteiger partial charge on any atom is -0.368 e. The molecule has 13 heavy (non-hydrogen) atoms. The Balaban J connectivity index is 2.17. The maximum Gasteiger partial charge on any atom is 0.251 e. The lowest BCUT2D eigenvalue weighted by atomic mass is 10.1. The van der Waals surface area contributed by atoms with Gasteiger partial charge in [0, 0.05) is 36.4 Å². The molecule has 0 bridgehead atoms. The van der Waals surface area contributed by atoms with E-state index in [1.165, 1.54) is 11.3 Å². The molecule has 3 heteroatoms. The highest BCUT2D eigenvalue weighted by molar-refractivity contribution is 6.00. The van der Waals surface area contributed by atoms with Gasteiger partial charge in [-0.05, 0) is 12.1 Å². The van der Waals surface area contributed by atoms with Crippen molar-refractivity contribution in [1.29, 1.82) is 0 Å². The fourth-order valence-corrected chi connectivity index (χ4v) is 1.82. The van der Waals surface area contributed by atoms with E-state index < -0.39 is 0 Å². The van der Waals surface area contributed by atoms with Crippen molar-refractivity contribution in [3.63, 3.8) is 0 Å². The van der Waals surface area contributed by atoms with Crippen molar-refractivity contribution in [1.82, 2.24) is 5.32 Å². The number of fused-ring (bicyclic) bond motifs is 1. The standard InChI is InChI=1S/C10H10N2O/c13-10-7-2-1-3-9(12-4-5-12)8(7)6-11-10/h1-3H,4-6H2,(H,11,13). The van der Waals surface area contributed by atoms with Crippen molar-refractivity contribution in [2.45, 2.75) is 6.54 Å². The number of hydrogen-bond donors (Lipinski definition) is 1. The predicted octanol–water partition coefficient (Wildman–Crippen LogP) is 0.750. The number of nitrogens with zero attached hydrogens (tertiary/aromatic N) is 1. The Morgan fingerprint density at radius 1 is 1.31 bits per heavy atom. The Morgan fingerprint density at radius 2 is 2.15 bits per heavy atom. The van der Waals surface area contributed by atoms with E-state index >= 15 is 0 Å². The van der Waals surface area contributed by atoms with Gasteiger partial charge in [-0.2, -0.15) is 0 Å². The molecule has 0 unspecified atom stereocenters. The zero-order valence-corrected chi connectivity index (χ0v) is 7.21. The fraction of sp³-hybridized carbons (Fsp3) is 0.300. The molecule has 2 heterocycles. The van der Waals surface area contributed by atoms with Crippen molar-refractivity contribution in [2.24, 2.45) is 0 Å². The summed E-state index contributed by atoms with van der Waals surface area (Å²) in [5.41, 5.74) is 3.25. The molecule has 0 spiro atoms. The van der Waals surface area contributed by atoms with Crippen molar-refractivity contribution in [2.75, 3.05) is 18.0 Å². The summed E-state index contributed by atoms with van der Waals surface area (Å²) in [4.78, 5) is 13.6. The fourth-order valence-electron chi connectivity index (χ4n) is 1.82. The second-order valence-corrected chi connectivity index (χ2v) is 3.47. The normalized spacial score (nSPS) is 18.5. The van der Waals surface area contributed by atoms with Gasteiger partial charge in [-0.15, -0.1) is 0 Å². The molecule has 0 aliphatic carbocycles. The third-order valence-corrected chi connectivity index (χ3v) is 2.61. The summed E-state index contributed by atoms with van der Waals surface area (Å²) in [6, 6.07) is 5.94. The number of carbonyl (C=O) groups is 1. The van der Waals surface area contributed by atoms with Crippen LogP contribution >= 0.6 is 0 Å². The molecule has 0 radical (unpaired) electrons. The van der Waals surface area contributed by atoms with Gasteiger partial charge in [0.1, 0.15) is 0 Å². The Labute approximate surface area is 76.4 Å². The quantitative estimate of drug-likeness (QED) is 0.637. The molecule has 66 valence electrons. The van der Waals surface area contributed by atoms with E-state index in [-0.39, 0.29) is 5.91 Å². The lowest BCUT2D eigenvalue weighted by Gasteiger charge is -2.06. The van der Waals surface area contributed by atoms with Crippen molar-refractivity contribution >= 4 is 11.6 Å². The van der Waals surface area contributed by atoms with Crippen LogP contribution in [-0.4, -0.2) is 19.0 Å². The first-order valence-corrected chi connectivity index (χ1v) is 4.51. The van der Waals surface area contributed by atoms with Crippen LogP contribution in [0.2, 0.25) is 0 Å². The maximum atomic E-state index is 11.3. The predicted molar refractivity (Wildman–Crippen MR) is 49.8 cm³/mol. The number of amides is 1. The minimum atomic E-state index is 0.0682. The van der Waals surface area contributed by atoms with Gasteiger partial charge in [0.05, 0.1) is 0 Å². The molecule has 1 aromatic carbocycles. The van der Waals surface area contributed by atoms with Gasteiger partial charge >= 0.3 is 0 Å². The van der Waals surface area contributed by atoms with E-state index in [0.717, 1.165) is 18.7 Å². The van der Waals surface area contributed by atoms with Crippen LogP contribution in [0.1, 0.15) is 15.9 Å². The highest BCUT2D eigenvalue weighted by Gasteiger charge is 2.27. The zero-order chi connectivity index (χ0) is 8.84. The summed E-state index contributed by atoms with van der Waals surface area (Å²) in [5.74, 6) is 0.0682. The molecule has 2 aliphatic heterocycles. The summed E-state index contributed by atoms with van der Waals surface area (Å²) in [6.07, 6.45) is 0. The highest BCUT2D eigenvalue weighted by Crippen LogP contribution is 2.30. The third kappa shape index (κ3) is 0.932. The molecule has 3 nitrogen and oxygen atoms in total. The van der Waals surface area contributed by atoms with Gasteiger partial charge in [0.2, 0.25) is 0 Å². The van der Waals surface area contributed by atoms with Crippen LogP contribution in [-0.2, 0) is 6.54 Å². The molecule has 1 N–H and O–H groups in total. The Hall–Kier alpha value is -1.51. The second kappa shape index (κ2) is 2.25. The summed E-state index contributed by atoms with van der Waals surface area (Å²) < 4.78 is 0. The van der Waals surface area contributed by atoms with Gasteiger partial charge in [-0.1, -0.05) is 6.07 Å². The summed E-state index contributed by atoms with van der Waals surface area (Å²) in [5, 5.41) is 2.84. The van der Waals surface area contributed by atoms with E-state index in [2.05, 4.69) is 16.3 Å². The molecule has 0 atom stereocenters. The number of benzene rings is 1. The SMILES string of the molecule is O=C1NCc2c1cccc2N1CC1. The molecular weight excluding hydrogens is 164 g/mol. The number of rotatable bonds is 1. The monoisotopic (exact) mass is 174 g/mol. The van der Waals surface area contributed by atoms with Gasteiger partial charge in [-0.25, -0.2) is 0 Å². The second-order valence-electron chi connectivity index (χ2n) is 3.47. The number of hydrogen-bond acceptors (Lipinski definition) is 2. The molecular formula is C10H10N2O. The largest absolute Gasteiger partial charge is 0.368 e. The lowest BCUT2D eigenvalue weighted by Crippen LogP contribution is -2.12. The van der Waals surface area contributed by atoms with Gasteiger partial charge in [0.15, 0.2) is 0 Å². The van der Waals surface area contributed by atoms with Crippen LogP contribution in [0.25, 0.3) is 0 Å². The van der Waals surface area contributed by atoms with Gasteiger partial charge in [0.25, 0.3) is 5.91 Å². The van der Waals surface area contributed by atoms with Gasteiger partial charge in [-0.3, -0.25) is 4.79 Å². The lowest BCUT2D eigenvalue weighted by molar-refractivity contribution is 0.0966. The van der Waals surface area contributed by atoms with E-state index in [4.69, 9.17) is 0 Å². The average molecular weight is 174 g/mol. The van der Waals surface area contributed by atoms with Crippen LogP contribution in [0.4, 0.5) is 5.69 Å². The van der Waals surface area contributed by atoms with E-state index in [1.807, 2.05) is 12.1 Å². The first kappa shape index (κ1) is 6.95. The summed E-state index contributed by atoms with van der Waals surface area (Å²) in [6.45, 7) is 2.95. The molecule has 1 fully saturated rings. The van der Waals surface area contributed by atoms with Crippen molar-refractivity contribution < 1.29 is 4.79 Å². The smallest absolute Gasteiger partial charge is 0.251 e. The number of nitrogens with one attached hydrogen (secondary N) is 1. The van der Waals surface area contributed by atoms with Crippen LogP contribution in [0.3, 0.4) is 0 Å². The third-order valence-electron chi connectivity index (χ3n) is 2.61. The van der Waals surface area contributed by atoms with Crippen molar-refractivity contribution in [3.8, 4) is 0 Å². The average Bonchev–Trinajstić information content (AvgIpc) is 2.92. The Morgan fingerprint density at radius 3 is 2.92 bits per heavy atom.